The molecule has 4 unspecified atom stereocenters. The molecule has 2 aliphatic carbocycles. The van der Waals surface area contributed by atoms with Crippen LogP contribution in [0.2, 0.25) is 0 Å². The van der Waals surface area contributed by atoms with Gasteiger partial charge in [0.05, 0.1) is 5.69 Å². The number of hydrogen-bond acceptors (Lipinski definition) is 1. The van der Waals surface area contributed by atoms with Gasteiger partial charge in [0.25, 0.3) is 0 Å². The summed E-state index contributed by atoms with van der Waals surface area (Å²) in [6.07, 6.45) is 3.44. The average Bonchev–Trinajstić information content (AvgIpc) is 2.73. The fourth-order valence-corrected chi connectivity index (χ4v) is 5.54. The maximum atomic E-state index is 4.73. The number of fused-ring (bicyclic) bond motifs is 2. The van der Waals surface area contributed by atoms with E-state index in [1.807, 2.05) is 18.2 Å². The first-order valence-electron chi connectivity index (χ1n) is 7.37. The third kappa shape index (κ3) is 1.76. The molecule has 1 saturated carbocycles. The number of rotatable bonds is 2. The number of benzene rings is 1. The van der Waals surface area contributed by atoms with Crippen molar-refractivity contribution in [3.8, 4) is 0 Å². The van der Waals surface area contributed by atoms with E-state index in [1.165, 1.54) is 6.42 Å². The van der Waals surface area contributed by atoms with E-state index < -0.39 is 0 Å². The lowest BCUT2D eigenvalue weighted by molar-refractivity contribution is 0.244. The molecule has 0 N–H and O–H groups in total. The quantitative estimate of drug-likeness (QED) is 0.456. The highest BCUT2D eigenvalue weighted by atomic mass is 127. The summed E-state index contributed by atoms with van der Waals surface area (Å²) in [5.74, 6) is 1.26. The Balaban J connectivity index is 1.93. The van der Waals surface area contributed by atoms with Crippen LogP contribution in [-0.2, 0) is 0 Å². The molecule has 0 aliphatic heterocycles. The zero-order chi connectivity index (χ0) is 14.5. The Morgan fingerprint density at radius 1 is 1.25 bits per heavy atom. The third-order valence-corrected chi connectivity index (χ3v) is 8.11. The summed E-state index contributed by atoms with van der Waals surface area (Å²) in [6, 6.07) is 10.3. The molecule has 0 amide bonds. The smallest absolute Gasteiger partial charge is 0.0625 e. The summed E-state index contributed by atoms with van der Waals surface area (Å²) in [7, 11) is 0. The Labute approximate surface area is 135 Å². The fraction of sp³-hybridized carbons (Fsp3) is 0.500. The first-order chi connectivity index (χ1) is 9.40. The van der Waals surface area contributed by atoms with Crippen molar-refractivity contribution in [2.75, 3.05) is 0 Å². The molecule has 106 valence electrons. The molecule has 0 aromatic heterocycles. The van der Waals surface area contributed by atoms with Crippen LogP contribution >= 0.6 is 22.6 Å². The van der Waals surface area contributed by atoms with Crippen LogP contribution in [0.1, 0.15) is 34.1 Å². The lowest BCUT2D eigenvalue weighted by atomic mass is 9.71. The molecule has 0 saturated heterocycles. The van der Waals surface area contributed by atoms with Gasteiger partial charge in [-0.1, -0.05) is 44.5 Å². The minimum absolute atomic E-state index is 0.281. The molecule has 1 nitrogen and oxygen atoms in total. The summed E-state index contributed by atoms with van der Waals surface area (Å²) >= 11 is 2.58. The van der Waals surface area contributed by atoms with Gasteiger partial charge < -0.3 is 0 Å². The lowest BCUT2D eigenvalue weighted by Gasteiger charge is -2.33. The van der Waals surface area contributed by atoms with Crippen LogP contribution in [0.5, 0.6) is 0 Å². The third-order valence-electron chi connectivity index (χ3n) is 6.07. The molecule has 1 aromatic rings. The normalized spacial score (nSPS) is 40.0. The summed E-state index contributed by atoms with van der Waals surface area (Å²) in [6.45, 7) is 9.62. The molecule has 4 atom stereocenters. The SMILES string of the molecule is CC1=C(I)C2(C)CC(/C=N/c3ccccc3)C1(C)C2C. The predicted octanol–water partition coefficient (Wildman–Crippen LogP) is 5.78. The Bertz CT molecular complexity index is 589. The lowest BCUT2D eigenvalue weighted by Crippen LogP contribution is -2.28. The fourth-order valence-electron chi connectivity index (χ4n) is 4.27. The number of halogens is 1. The molecule has 3 rings (SSSR count). The predicted molar refractivity (Wildman–Crippen MR) is 94.8 cm³/mol. The van der Waals surface area contributed by atoms with Crippen LogP contribution < -0.4 is 0 Å². The van der Waals surface area contributed by atoms with Gasteiger partial charge in [-0.2, -0.15) is 0 Å². The molecule has 0 spiro atoms. The first kappa shape index (κ1) is 14.3. The number of para-hydroxylation sites is 1. The molecule has 1 fully saturated rings. The molecule has 1 aromatic carbocycles. The van der Waals surface area contributed by atoms with Gasteiger partial charge in [0.2, 0.25) is 0 Å². The molecule has 2 aliphatic rings. The van der Waals surface area contributed by atoms with Crippen molar-refractivity contribution in [3.63, 3.8) is 0 Å². The van der Waals surface area contributed by atoms with E-state index in [9.17, 15) is 0 Å². The zero-order valence-electron chi connectivity index (χ0n) is 12.7. The number of aliphatic imine (C=N–C) groups is 1. The van der Waals surface area contributed by atoms with Gasteiger partial charge in [-0.05, 0) is 57.6 Å². The van der Waals surface area contributed by atoms with Crippen molar-refractivity contribution in [2.24, 2.45) is 27.7 Å². The highest BCUT2D eigenvalue weighted by Crippen LogP contribution is 2.70. The van der Waals surface area contributed by atoms with Gasteiger partial charge in [-0.15, -0.1) is 0 Å². The van der Waals surface area contributed by atoms with Crippen molar-refractivity contribution < 1.29 is 0 Å². The summed E-state index contributed by atoms with van der Waals surface area (Å²) < 4.78 is 1.59. The van der Waals surface area contributed by atoms with Crippen LogP contribution in [0.3, 0.4) is 0 Å². The zero-order valence-corrected chi connectivity index (χ0v) is 14.8. The number of nitrogens with zero attached hydrogens (tertiary/aromatic N) is 1. The molecule has 0 radical (unpaired) electrons. The Morgan fingerprint density at radius 2 is 1.90 bits per heavy atom. The van der Waals surface area contributed by atoms with Crippen molar-refractivity contribution >= 4 is 34.5 Å². The minimum atomic E-state index is 0.281. The average molecular weight is 379 g/mol. The van der Waals surface area contributed by atoms with Crippen molar-refractivity contribution in [1.82, 2.24) is 0 Å². The van der Waals surface area contributed by atoms with E-state index in [0.717, 1.165) is 5.69 Å². The first-order valence-corrected chi connectivity index (χ1v) is 8.45. The van der Waals surface area contributed by atoms with E-state index in [4.69, 9.17) is 4.99 Å². The molecular weight excluding hydrogens is 357 g/mol. The van der Waals surface area contributed by atoms with Crippen LogP contribution in [-0.4, -0.2) is 6.21 Å². The maximum absolute atomic E-state index is 4.73. The highest BCUT2D eigenvalue weighted by Gasteiger charge is 2.62. The molecule has 20 heavy (non-hydrogen) atoms. The van der Waals surface area contributed by atoms with Gasteiger partial charge in [0, 0.05) is 23.0 Å². The van der Waals surface area contributed by atoms with Gasteiger partial charge >= 0.3 is 0 Å². The van der Waals surface area contributed by atoms with E-state index >= 15 is 0 Å². The molecule has 2 heteroatoms. The molecule has 2 bridgehead atoms. The standard InChI is InChI=1S/C18H22IN/c1-12-16(19)17(3)10-14(18(12,4)13(17)2)11-20-15-8-6-5-7-9-15/h5-9,11,13-14H,10H2,1-4H3/b20-11+. The van der Waals surface area contributed by atoms with Crippen LogP contribution in [0, 0.1) is 22.7 Å². The van der Waals surface area contributed by atoms with Crippen molar-refractivity contribution in [3.05, 3.63) is 39.5 Å². The van der Waals surface area contributed by atoms with Gasteiger partial charge in [0.1, 0.15) is 0 Å². The maximum Gasteiger partial charge on any atom is 0.0625 e. The van der Waals surface area contributed by atoms with Gasteiger partial charge in [-0.25, -0.2) is 0 Å². The van der Waals surface area contributed by atoms with Crippen LogP contribution in [0.15, 0.2) is 44.5 Å². The second-order valence-corrected chi connectivity index (χ2v) is 7.86. The second-order valence-electron chi connectivity index (χ2n) is 6.79. The second kappa shape index (κ2) is 4.69. The van der Waals surface area contributed by atoms with Crippen LogP contribution in [0.4, 0.5) is 5.69 Å². The van der Waals surface area contributed by atoms with Gasteiger partial charge in [-0.3, -0.25) is 4.99 Å². The van der Waals surface area contributed by atoms with E-state index in [1.54, 1.807) is 9.15 Å². The highest BCUT2D eigenvalue weighted by molar-refractivity contribution is 14.1. The van der Waals surface area contributed by atoms with Crippen molar-refractivity contribution in [1.29, 1.82) is 0 Å². The van der Waals surface area contributed by atoms with E-state index in [2.05, 4.69) is 68.6 Å². The topological polar surface area (TPSA) is 12.4 Å². The Morgan fingerprint density at radius 3 is 2.45 bits per heavy atom. The monoisotopic (exact) mass is 379 g/mol. The van der Waals surface area contributed by atoms with E-state index in [0.29, 0.717) is 17.3 Å². The Hall–Kier alpha value is -0.640. The summed E-state index contributed by atoms with van der Waals surface area (Å²) in [5.41, 5.74) is 3.29. The number of hydrogen-bond donors (Lipinski definition) is 0. The van der Waals surface area contributed by atoms with Crippen molar-refractivity contribution in [2.45, 2.75) is 34.1 Å². The van der Waals surface area contributed by atoms with Crippen LogP contribution in [0.25, 0.3) is 0 Å². The largest absolute Gasteiger partial charge is 0.261 e. The molecular formula is C18H22IN. The summed E-state index contributed by atoms with van der Waals surface area (Å²) in [4.78, 5) is 4.73. The summed E-state index contributed by atoms with van der Waals surface area (Å²) in [5, 5.41) is 0. The minimum Gasteiger partial charge on any atom is -0.261 e. The van der Waals surface area contributed by atoms with Gasteiger partial charge in [0.15, 0.2) is 0 Å². The number of allylic oxidation sites excluding steroid dienone is 2. The molecule has 0 heterocycles. The Kier molecular flexibility index (Phi) is 3.35. The van der Waals surface area contributed by atoms with E-state index in [-0.39, 0.29) is 5.41 Å².